The van der Waals surface area contributed by atoms with E-state index in [0.29, 0.717) is 17.0 Å². The Morgan fingerprint density at radius 3 is 2.96 bits per heavy atom. The second kappa shape index (κ2) is 6.32. The number of ether oxygens (including phenoxy) is 1. The van der Waals surface area contributed by atoms with Crippen LogP contribution in [0.15, 0.2) is 66.0 Å². The van der Waals surface area contributed by atoms with E-state index in [1.165, 1.54) is 6.07 Å². The van der Waals surface area contributed by atoms with Crippen LogP contribution < -0.4 is 14.9 Å². The predicted octanol–water partition coefficient (Wildman–Crippen LogP) is 1.22. The number of aryl methyl sites for hydroxylation is 1. The molecule has 0 aliphatic carbocycles. The van der Waals surface area contributed by atoms with Crippen molar-refractivity contribution in [2.24, 2.45) is 7.05 Å². The van der Waals surface area contributed by atoms with Crippen LogP contribution in [0.25, 0.3) is 16.6 Å². The average Bonchev–Trinajstić information content (AvgIpc) is 3.07. The Hall–Kier alpha value is -3.68. The molecule has 0 atom stereocenters. The summed E-state index contributed by atoms with van der Waals surface area (Å²) in [5.74, 6) is 0.585. The summed E-state index contributed by atoms with van der Waals surface area (Å²) in [6, 6.07) is 10.3. The lowest BCUT2D eigenvalue weighted by molar-refractivity contribution is -0.884. The van der Waals surface area contributed by atoms with Gasteiger partial charge in [-0.2, -0.15) is 10.2 Å². The SMILES string of the molecule is Cn1cc(-n2ccc(=O)c(COc3ccc4c(ccc[n+]4O)c3)n2)cn1. The summed E-state index contributed by atoms with van der Waals surface area (Å²) in [7, 11) is 1.81. The van der Waals surface area contributed by atoms with Crippen molar-refractivity contribution in [2.45, 2.75) is 6.61 Å². The number of hydrogen-bond donors (Lipinski definition) is 1. The summed E-state index contributed by atoms with van der Waals surface area (Å²) in [5.41, 5.74) is 1.52. The Bertz CT molecular complexity index is 1150. The Morgan fingerprint density at radius 1 is 1.27 bits per heavy atom. The zero-order valence-electron chi connectivity index (χ0n) is 14.0. The monoisotopic (exact) mass is 350 g/mol. The van der Waals surface area contributed by atoms with Crippen LogP contribution >= 0.6 is 0 Å². The molecule has 0 spiro atoms. The molecule has 130 valence electrons. The molecule has 8 heteroatoms. The van der Waals surface area contributed by atoms with Gasteiger partial charge in [-0.1, -0.05) is 0 Å². The molecule has 0 saturated carbocycles. The average molecular weight is 350 g/mol. The van der Waals surface area contributed by atoms with Crippen LogP contribution in [0.5, 0.6) is 5.75 Å². The van der Waals surface area contributed by atoms with Crippen molar-refractivity contribution in [3.8, 4) is 11.4 Å². The normalized spacial score (nSPS) is 11.0. The quantitative estimate of drug-likeness (QED) is 0.442. The summed E-state index contributed by atoms with van der Waals surface area (Å²) in [6.45, 7) is 0.0391. The zero-order chi connectivity index (χ0) is 18.1. The van der Waals surface area contributed by atoms with E-state index in [1.54, 1.807) is 58.4 Å². The fraction of sp³-hybridized carbons (Fsp3) is 0.111. The lowest BCUT2D eigenvalue weighted by Crippen LogP contribution is -2.29. The highest BCUT2D eigenvalue weighted by molar-refractivity contribution is 5.76. The molecule has 1 aromatic carbocycles. The number of benzene rings is 1. The van der Waals surface area contributed by atoms with Crippen LogP contribution in [-0.4, -0.2) is 24.8 Å². The summed E-state index contributed by atoms with van der Waals surface area (Å²) < 4.78 is 10.0. The van der Waals surface area contributed by atoms with Crippen LogP contribution in [0.2, 0.25) is 0 Å². The molecule has 4 aromatic rings. The fourth-order valence-electron chi connectivity index (χ4n) is 2.64. The fourth-order valence-corrected chi connectivity index (χ4v) is 2.64. The molecular weight excluding hydrogens is 334 g/mol. The van der Waals surface area contributed by atoms with Crippen molar-refractivity contribution in [1.29, 1.82) is 0 Å². The van der Waals surface area contributed by atoms with E-state index in [0.717, 1.165) is 15.8 Å². The minimum absolute atomic E-state index is 0.0391. The van der Waals surface area contributed by atoms with Crippen molar-refractivity contribution >= 4 is 10.9 Å². The third-order valence-corrected chi connectivity index (χ3v) is 3.96. The van der Waals surface area contributed by atoms with Crippen molar-refractivity contribution in [1.82, 2.24) is 19.6 Å². The zero-order valence-corrected chi connectivity index (χ0v) is 14.0. The van der Waals surface area contributed by atoms with Gasteiger partial charge in [0.1, 0.15) is 23.7 Å². The minimum atomic E-state index is -0.195. The number of aromatic nitrogens is 5. The highest BCUT2D eigenvalue weighted by Crippen LogP contribution is 2.18. The van der Waals surface area contributed by atoms with Crippen LogP contribution in [0.3, 0.4) is 0 Å². The molecule has 3 aromatic heterocycles. The number of pyridine rings is 1. The third-order valence-electron chi connectivity index (χ3n) is 3.96. The minimum Gasteiger partial charge on any atom is -0.487 e. The van der Waals surface area contributed by atoms with Gasteiger partial charge in [0, 0.05) is 36.2 Å². The Kier molecular flexibility index (Phi) is 3.85. The standard InChI is InChI=1S/C18H16N5O3/c1-21-11-14(10-19-21)22-8-6-18(24)16(20-22)12-26-15-4-5-17-13(9-15)3-2-7-23(17)25/h2-11,25H,12H2,1H3/q+1. The van der Waals surface area contributed by atoms with Gasteiger partial charge in [0.2, 0.25) is 11.6 Å². The van der Waals surface area contributed by atoms with E-state index in [-0.39, 0.29) is 12.0 Å². The molecule has 0 fully saturated rings. The molecule has 4 rings (SSSR count). The van der Waals surface area contributed by atoms with Gasteiger partial charge in [0.05, 0.1) is 17.8 Å². The predicted molar refractivity (Wildman–Crippen MR) is 92.3 cm³/mol. The molecule has 0 saturated heterocycles. The molecule has 26 heavy (non-hydrogen) atoms. The number of hydrogen-bond acceptors (Lipinski definition) is 5. The van der Waals surface area contributed by atoms with Crippen molar-refractivity contribution < 1.29 is 14.7 Å². The summed E-state index contributed by atoms with van der Waals surface area (Å²) in [4.78, 5) is 12.1. The van der Waals surface area contributed by atoms with Gasteiger partial charge < -0.3 is 4.74 Å². The maximum Gasteiger partial charge on any atom is 0.264 e. The second-order valence-corrected chi connectivity index (χ2v) is 5.81. The van der Waals surface area contributed by atoms with Gasteiger partial charge in [-0.15, -0.1) is 0 Å². The maximum atomic E-state index is 12.1. The van der Waals surface area contributed by atoms with Gasteiger partial charge in [0.15, 0.2) is 0 Å². The first-order valence-electron chi connectivity index (χ1n) is 7.94. The van der Waals surface area contributed by atoms with Crippen LogP contribution in [0, 0.1) is 0 Å². The number of fused-ring (bicyclic) bond motifs is 1. The van der Waals surface area contributed by atoms with Gasteiger partial charge in [-0.05, 0) is 18.2 Å². The van der Waals surface area contributed by atoms with Crippen LogP contribution in [-0.2, 0) is 13.7 Å². The van der Waals surface area contributed by atoms with Crippen LogP contribution in [0.4, 0.5) is 0 Å². The van der Waals surface area contributed by atoms with Crippen molar-refractivity contribution in [3.05, 3.63) is 77.1 Å². The van der Waals surface area contributed by atoms with E-state index in [9.17, 15) is 10.0 Å². The van der Waals surface area contributed by atoms with E-state index < -0.39 is 0 Å². The van der Waals surface area contributed by atoms with E-state index in [2.05, 4.69) is 10.2 Å². The largest absolute Gasteiger partial charge is 0.487 e. The Labute approximate surface area is 148 Å². The molecule has 8 nitrogen and oxygen atoms in total. The molecule has 0 amide bonds. The van der Waals surface area contributed by atoms with Crippen molar-refractivity contribution in [2.75, 3.05) is 0 Å². The first-order valence-corrected chi connectivity index (χ1v) is 7.94. The lowest BCUT2D eigenvalue weighted by atomic mass is 10.2. The number of nitrogens with zero attached hydrogens (tertiary/aromatic N) is 5. The highest BCUT2D eigenvalue weighted by Gasteiger charge is 2.10. The molecule has 0 radical (unpaired) electrons. The van der Waals surface area contributed by atoms with Gasteiger partial charge in [0.25, 0.3) is 5.52 Å². The highest BCUT2D eigenvalue weighted by atomic mass is 16.5. The Morgan fingerprint density at radius 2 is 2.15 bits per heavy atom. The molecule has 1 N–H and O–H groups in total. The molecule has 0 unspecified atom stereocenters. The first kappa shape index (κ1) is 15.8. The topological polar surface area (TPSA) is 86.0 Å². The van der Waals surface area contributed by atoms with E-state index in [1.807, 2.05) is 13.1 Å². The van der Waals surface area contributed by atoms with Gasteiger partial charge >= 0.3 is 0 Å². The van der Waals surface area contributed by atoms with Crippen molar-refractivity contribution in [3.63, 3.8) is 0 Å². The lowest BCUT2D eigenvalue weighted by Gasteiger charge is -2.07. The summed E-state index contributed by atoms with van der Waals surface area (Å²) in [6.07, 6.45) is 6.61. The van der Waals surface area contributed by atoms with E-state index in [4.69, 9.17) is 4.74 Å². The molecule has 3 heterocycles. The van der Waals surface area contributed by atoms with Gasteiger partial charge in [-0.25, -0.2) is 4.68 Å². The third kappa shape index (κ3) is 3.00. The maximum absolute atomic E-state index is 12.1. The second-order valence-electron chi connectivity index (χ2n) is 5.81. The van der Waals surface area contributed by atoms with E-state index >= 15 is 0 Å². The first-order chi connectivity index (χ1) is 12.6. The smallest absolute Gasteiger partial charge is 0.264 e. The molecular formula is C18H16N5O3+. The molecule has 0 aliphatic rings. The van der Waals surface area contributed by atoms with Gasteiger partial charge in [-0.3, -0.25) is 14.7 Å². The number of rotatable bonds is 4. The Balaban J connectivity index is 1.59. The summed E-state index contributed by atoms with van der Waals surface area (Å²) in [5, 5.41) is 19.0. The van der Waals surface area contributed by atoms with Crippen LogP contribution in [0.1, 0.15) is 5.69 Å². The molecule has 0 aliphatic heterocycles. The molecule has 0 bridgehead atoms. The summed E-state index contributed by atoms with van der Waals surface area (Å²) >= 11 is 0.